The minimum absolute atomic E-state index is 0.220. The first kappa shape index (κ1) is 16.0. The summed E-state index contributed by atoms with van der Waals surface area (Å²) in [5.74, 6) is 1.15. The molecule has 2 rings (SSSR count). The monoisotopic (exact) mass is 325 g/mol. The summed E-state index contributed by atoms with van der Waals surface area (Å²) in [5.41, 5.74) is 0. The first-order valence-electron chi connectivity index (χ1n) is 7.07. The van der Waals surface area contributed by atoms with Crippen LogP contribution in [0.25, 0.3) is 0 Å². The van der Waals surface area contributed by atoms with Crippen LogP contribution in [0.5, 0.6) is 0 Å². The van der Waals surface area contributed by atoms with Gasteiger partial charge in [0.15, 0.2) is 0 Å². The smallest absolute Gasteiger partial charge is 0.231 e. The van der Waals surface area contributed by atoms with Crippen molar-refractivity contribution in [1.29, 1.82) is 0 Å². The zero-order chi connectivity index (χ0) is 15.2. The van der Waals surface area contributed by atoms with Crippen LogP contribution in [-0.2, 0) is 6.42 Å². The lowest BCUT2D eigenvalue weighted by Gasteiger charge is -2.20. The second kappa shape index (κ2) is 7.56. The van der Waals surface area contributed by atoms with Gasteiger partial charge in [0.25, 0.3) is 0 Å². The fourth-order valence-electron chi connectivity index (χ4n) is 2.05. The largest absolute Gasteiger partial charge is 0.351 e. The quantitative estimate of drug-likeness (QED) is 0.844. The Morgan fingerprint density at radius 2 is 2.05 bits per heavy atom. The molecule has 21 heavy (non-hydrogen) atoms. The maximum absolute atomic E-state index is 6.01. The highest BCUT2D eigenvalue weighted by Gasteiger charge is 2.12. The molecule has 2 aromatic heterocycles. The summed E-state index contributed by atoms with van der Waals surface area (Å²) in [6.45, 7) is 7.90. The van der Waals surface area contributed by atoms with Crippen molar-refractivity contribution in [2.45, 2.75) is 33.2 Å². The third kappa shape index (κ3) is 4.54. The first-order valence-corrected chi connectivity index (χ1v) is 8.33. The van der Waals surface area contributed by atoms with Crippen LogP contribution in [-0.4, -0.2) is 34.1 Å². The van der Waals surface area contributed by atoms with Gasteiger partial charge in [0.1, 0.15) is 0 Å². The van der Waals surface area contributed by atoms with Gasteiger partial charge in [-0.3, -0.25) is 0 Å². The molecule has 0 aliphatic carbocycles. The Bertz CT molecular complexity index is 556. The number of nitrogens with one attached hydrogen (secondary N) is 1. The normalized spacial score (nSPS) is 12.2. The summed E-state index contributed by atoms with van der Waals surface area (Å²) in [6.07, 6.45) is 0.932. The summed E-state index contributed by atoms with van der Waals surface area (Å²) < 4.78 is 0. The van der Waals surface area contributed by atoms with Gasteiger partial charge in [-0.2, -0.15) is 15.0 Å². The lowest BCUT2D eigenvalue weighted by molar-refractivity contribution is 0.771. The van der Waals surface area contributed by atoms with Crippen LogP contribution in [0.3, 0.4) is 0 Å². The lowest BCUT2D eigenvalue weighted by Crippen LogP contribution is -2.26. The topological polar surface area (TPSA) is 53.9 Å². The van der Waals surface area contributed by atoms with E-state index in [4.69, 9.17) is 11.6 Å². The van der Waals surface area contributed by atoms with Crippen molar-refractivity contribution < 1.29 is 0 Å². The van der Waals surface area contributed by atoms with E-state index < -0.39 is 0 Å². The highest BCUT2D eigenvalue weighted by molar-refractivity contribution is 7.09. The fraction of sp³-hybridized carbons (Fsp3) is 0.500. The van der Waals surface area contributed by atoms with E-state index in [0.29, 0.717) is 11.9 Å². The maximum Gasteiger partial charge on any atom is 0.231 e. The third-order valence-corrected chi connectivity index (χ3v) is 4.17. The average Bonchev–Trinajstić information content (AvgIpc) is 2.92. The van der Waals surface area contributed by atoms with Crippen molar-refractivity contribution in [3.8, 4) is 0 Å². The molecule has 0 aromatic carbocycles. The summed E-state index contributed by atoms with van der Waals surface area (Å²) in [7, 11) is 0. The molecule has 7 heteroatoms. The van der Waals surface area contributed by atoms with E-state index >= 15 is 0 Å². The van der Waals surface area contributed by atoms with E-state index in [1.807, 2.05) is 4.90 Å². The van der Waals surface area contributed by atoms with Gasteiger partial charge in [0.05, 0.1) is 0 Å². The molecule has 0 saturated carbocycles. The highest BCUT2D eigenvalue weighted by Crippen LogP contribution is 2.16. The van der Waals surface area contributed by atoms with Crippen LogP contribution in [0.15, 0.2) is 17.5 Å². The molecule has 1 atom stereocenters. The lowest BCUT2D eigenvalue weighted by atomic mass is 10.2. The van der Waals surface area contributed by atoms with E-state index in [9.17, 15) is 0 Å². The molecule has 2 heterocycles. The molecule has 0 bridgehead atoms. The van der Waals surface area contributed by atoms with E-state index in [-0.39, 0.29) is 11.3 Å². The Morgan fingerprint density at radius 3 is 2.67 bits per heavy atom. The molecule has 0 saturated heterocycles. The number of rotatable bonds is 7. The molecule has 114 valence electrons. The van der Waals surface area contributed by atoms with Crippen molar-refractivity contribution in [2.24, 2.45) is 0 Å². The van der Waals surface area contributed by atoms with Gasteiger partial charge in [-0.05, 0) is 43.8 Å². The van der Waals surface area contributed by atoms with Crippen LogP contribution in [0.2, 0.25) is 5.28 Å². The van der Waals surface area contributed by atoms with Crippen LogP contribution in [0.1, 0.15) is 25.6 Å². The predicted octanol–water partition coefficient (Wildman–Crippen LogP) is 3.48. The van der Waals surface area contributed by atoms with Gasteiger partial charge in [0.2, 0.25) is 17.2 Å². The van der Waals surface area contributed by atoms with Crippen LogP contribution < -0.4 is 10.2 Å². The average molecular weight is 326 g/mol. The molecule has 5 nitrogen and oxygen atoms in total. The van der Waals surface area contributed by atoms with Crippen molar-refractivity contribution in [1.82, 2.24) is 15.0 Å². The summed E-state index contributed by atoms with van der Waals surface area (Å²) >= 11 is 7.76. The molecule has 1 N–H and O–H groups in total. The predicted molar refractivity (Wildman–Crippen MR) is 89.5 cm³/mol. The van der Waals surface area contributed by atoms with Gasteiger partial charge < -0.3 is 10.2 Å². The molecule has 0 fully saturated rings. The van der Waals surface area contributed by atoms with E-state index in [0.717, 1.165) is 19.5 Å². The SMILES string of the molecule is CCN(CC)c1nc(Cl)nc(NC(C)Cc2cccs2)n1. The minimum atomic E-state index is 0.220. The number of thiophene rings is 1. The van der Waals surface area contributed by atoms with Gasteiger partial charge in [-0.25, -0.2) is 0 Å². The Labute approximate surface area is 134 Å². The zero-order valence-electron chi connectivity index (χ0n) is 12.5. The number of aromatic nitrogens is 3. The Morgan fingerprint density at radius 1 is 1.29 bits per heavy atom. The standard InChI is InChI=1S/C14H20ClN5S/c1-4-20(5-2)14-18-12(15)17-13(19-14)16-10(3)9-11-7-6-8-21-11/h6-8,10H,4-5,9H2,1-3H3,(H,16,17,18,19). The molecule has 2 aromatic rings. The number of nitrogens with zero attached hydrogens (tertiary/aromatic N) is 4. The van der Waals surface area contributed by atoms with Crippen molar-refractivity contribution in [3.63, 3.8) is 0 Å². The summed E-state index contributed by atoms with van der Waals surface area (Å²) in [4.78, 5) is 16.2. The van der Waals surface area contributed by atoms with Crippen LogP contribution in [0.4, 0.5) is 11.9 Å². The van der Waals surface area contributed by atoms with Gasteiger partial charge in [-0.15, -0.1) is 11.3 Å². The molecular formula is C14H20ClN5S. The molecule has 1 unspecified atom stereocenters. The maximum atomic E-state index is 6.01. The Balaban J connectivity index is 2.08. The minimum Gasteiger partial charge on any atom is -0.351 e. The first-order chi connectivity index (χ1) is 10.1. The second-order valence-corrected chi connectivity index (χ2v) is 6.10. The molecule has 0 amide bonds. The molecule has 0 radical (unpaired) electrons. The Kier molecular flexibility index (Phi) is 5.76. The zero-order valence-corrected chi connectivity index (χ0v) is 14.1. The second-order valence-electron chi connectivity index (χ2n) is 4.73. The van der Waals surface area contributed by atoms with E-state index in [1.54, 1.807) is 11.3 Å². The van der Waals surface area contributed by atoms with Crippen molar-refractivity contribution in [2.75, 3.05) is 23.3 Å². The molecule has 0 aliphatic heterocycles. The van der Waals surface area contributed by atoms with Crippen LogP contribution in [0, 0.1) is 0 Å². The summed E-state index contributed by atoms with van der Waals surface area (Å²) in [6, 6.07) is 4.42. The highest BCUT2D eigenvalue weighted by atomic mass is 35.5. The van der Waals surface area contributed by atoms with Gasteiger partial charge in [0, 0.05) is 30.4 Å². The Hall–Kier alpha value is -1.40. The van der Waals surface area contributed by atoms with Crippen molar-refractivity contribution >= 4 is 34.8 Å². The number of hydrogen-bond acceptors (Lipinski definition) is 6. The molecule has 0 aliphatic rings. The third-order valence-electron chi connectivity index (χ3n) is 3.11. The van der Waals surface area contributed by atoms with Gasteiger partial charge >= 0.3 is 0 Å². The number of anilines is 2. The number of halogens is 1. The summed E-state index contributed by atoms with van der Waals surface area (Å²) in [5, 5.41) is 5.60. The van der Waals surface area contributed by atoms with E-state index in [2.05, 4.69) is 58.6 Å². The number of hydrogen-bond donors (Lipinski definition) is 1. The molecule has 0 spiro atoms. The molecular weight excluding hydrogens is 306 g/mol. The van der Waals surface area contributed by atoms with E-state index in [1.165, 1.54) is 4.88 Å². The van der Waals surface area contributed by atoms with Crippen LogP contribution >= 0.6 is 22.9 Å². The fourth-order valence-corrected chi connectivity index (χ4v) is 3.04. The van der Waals surface area contributed by atoms with Crippen molar-refractivity contribution in [3.05, 3.63) is 27.7 Å². The van der Waals surface area contributed by atoms with Gasteiger partial charge in [-0.1, -0.05) is 6.07 Å².